The van der Waals surface area contributed by atoms with Crippen LogP contribution >= 0.6 is 0 Å². The number of carboxylic acid groups (broad SMARTS) is 1. The van der Waals surface area contributed by atoms with Gasteiger partial charge in [0.05, 0.1) is 5.52 Å². The standard InChI is InChI=1S/C30H43N3O7/c1-29(2,3)39-27(37)32-22(16-19-12-8-7-9-13-19)25(34)31-23(26(35)36)17-20-18-33(28(38)40-30(4,5)6)24-15-11-10-14-21(20)24/h10-11,14-15,18-19,22-23H,7-9,12-13,16-17H2,1-6H3,(H,31,34)(H,32,37)(H,35,36)/t22-,23-/m0/s1. The van der Waals surface area contributed by atoms with E-state index < -0.39 is 47.3 Å². The molecule has 0 spiro atoms. The van der Waals surface area contributed by atoms with E-state index in [2.05, 4.69) is 10.6 Å². The third-order valence-electron chi connectivity index (χ3n) is 6.72. The van der Waals surface area contributed by atoms with Crippen LogP contribution < -0.4 is 10.6 Å². The third-order valence-corrected chi connectivity index (χ3v) is 6.72. The maximum absolute atomic E-state index is 13.4. The van der Waals surface area contributed by atoms with Crippen LogP contribution in [-0.4, -0.2) is 57.0 Å². The van der Waals surface area contributed by atoms with E-state index in [-0.39, 0.29) is 12.3 Å². The van der Waals surface area contributed by atoms with Crippen LogP contribution in [0.1, 0.15) is 85.6 Å². The van der Waals surface area contributed by atoms with Gasteiger partial charge in [-0.1, -0.05) is 50.3 Å². The number of aromatic nitrogens is 1. The van der Waals surface area contributed by atoms with E-state index >= 15 is 0 Å². The number of hydrogen-bond acceptors (Lipinski definition) is 6. The van der Waals surface area contributed by atoms with Gasteiger partial charge >= 0.3 is 18.2 Å². The molecular formula is C30H43N3O7. The highest BCUT2D eigenvalue weighted by Gasteiger charge is 2.32. The molecule has 220 valence electrons. The van der Waals surface area contributed by atoms with Gasteiger partial charge in [-0.2, -0.15) is 0 Å². The Hall–Kier alpha value is -3.56. The second-order valence-electron chi connectivity index (χ2n) is 12.6. The van der Waals surface area contributed by atoms with Gasteiger partial charge in [-0.3, -0.25) is 9.36 Å². The summed E-state index contributed by atoms with van der Waals surface area (Å²) in [5, 5.41) is 16.0. The van der Waals surface area contributed by atoms with Gasteiger partial charge in [0.25, 0.3) is 0 Å². The number of carbonyl (C=O) groups is 4. The lowest BCUT2D eigenvalue weighted by molar-refractivity contribution is -0.142. The smallest absolute Gasteiger partial charge is 0.419 e. The molecule has 0 unspecified atom stereocenters. The Morgan fingerprint density at radius 1 is 0.925 bits per heavy atom. The van der Waals surface area contributed by atoms with E-state index in [1.54, 1.807) is 72.0 Å². The van der Waals surface area contributed by atoms with Crippen molar-refractivity contribution in [2.24, 2.45) is 5.92 Å². The summed E-state index contributed by atoms with van der Waals surface area (Å²) in [4.78, 5) is 51.2. The summed E-state index contributed by atoms with van der Waals surface area (Å²) in [5.74, 6) is -1.56. The van der Waals surface area contributed by atoms with Gasteiger partial charge in [0, 0.05) is 18.0 Å². The molecule has 2 amide bonds. The van der Waals surface area contributed by atoms with Crippen LogP contribution in [0, 0.1) is 5.92 Å². The fourth-order valence-electron chi connectivity index (χ4n) is 5.00. The van der Waals surface area contributed by atoms with Gasteiger partial charge in [-0.15, -0.1) is 0 Å². The van der Waals surface area contributed by atoms with E-state index in [0.717, 1.165) is 32.1 Å². The van der Waals surface area contributed by atoms with E-state index in [9.17, 15) is 24.3 Å². The van der Waals surface area contributed by atoms with Crippen molar-refractivity contribution >= 4 is 35.0 Å². The van der Waals surface area contributed by atoms with Crippen molar-refractivity contribution in [3.8, 4) is 0 Å². The fraction of sp³-hybridized carbons (Fsp3) is 0.600. The number of carboxylic acids is 1. The van der Waals surface area contributed by atoms with Crippen molar-refractivity contribution < 1.29 is 33.8 Å². The zero-order valence-electron chi connectivity index (χ0n) is 24.4. The Morgan fingerprint density at radius 2 is 1.55 bits per heavy atom. The summed E-state index contributed by atoms with van der Waals surface area (Å²) in [7, 11) is 0. The van der Waals surface area contributed by atoms with E-state index in [1.165, 1.54) is 4.57 Å². The highest BCUT2D eigenvalue weighted by molar-refractivity contribution is 5.93. The molecule has 10 heteroatoms. The Labute approximate surface area is 235 Å². The first-order chi connectivity index (χ1) is 18.6. The highest BCUT2D eigenvalue weighted by Crippen LogP contribution is 2.28. The number of amides is 2. The van der Waals surface area contributed by atoms with Crippen molar-refractivity contribution in [3.05, 3.63) is 36.0 Å². The summed E-state index contributed by atoms with van der Waals surface area (Å²) >= 11 is 0. The molecule has 40 heavy (non-hydrogen) atoms. The van der Waals surface area contributed by atoms with Crippen LogP contribution in [0.25, 0.3) is 10.9 Å². The molecule has 1 aromatic heterocycles. The lowest BCUT2D eigenvalue weighted by Crippen LogP contribution is -2.53. The molecule has 2 atom stereocenters. The number of aliphatic carboxylic acids is 1. The number of carbonyl (C=O) groups excluding carboxylic acids is 3. The number of nitrogens with zero attached hydrogens (tertiary/aromatic N) is 1. The van der Waals surface area contributed by atoms with Crippen molar-refractivity contribution in [3.63, 3.8) is 0 Å². The Kier molecular flexibility index (Phi) is 9.87. The average molecular weight is 558 g/mol. The predicted octanol–water partition coefficient (Wildman–Crippen LogP) is 5.40. The fourth-order valence-corrected chi connectivity index (χ4v) is 5.00. The second kappa shape index (κ2) is 12.7. The lowest BCUT2D eigenvalue weighted by Gasteiger charge is -2.28. The summed E-state index contributed by atoms with van der Waals surface area (Å²) < 4.78 is 12.2. The predicted molar refractivity (Wildman–Crippen MR) is 151 cm³/mol. The minimum absolute atomic E-state index is 0.0695. The minimum atomic E-state index is -1.29. The van der Waals surface area contributed by atoms with E-state index in [1.807, 2.05) is 0 Å². The lowest BCUT2D eigenvalue weighted by atomic mass is 9.84. The summed E-state index contributed by atoms with van der Waals surface area (Å²) in [6.07, 6.45) is 5.74. The monoisotopic (exact) mass is 557 g/mol. The Morgan fingerprint density at radius 3 is 2.15 bits per heavy atom. The quantitative estimate of drug-likeness (QED) is 0.395. The number of para-hydroxylation sites is 1. The zero-order chi connectivity index (χ0) is 29.7. The first kappa shape index (κ1) is 31.0. The van der Waals surface area contributed by atoms with Gasteiger partial charge in [0.1, 0.15) is 23.3 Å². The SMILES string of the molecule is CC(C)(C)OC(=O)N[C@@H](CC1CCCCC1)C(=O)N[C@@H](Cc1cn(C(=O)OC(C)(C)C)c2ccccc12)C(=O)O. The van der Waals surface area contributed by atoms with Crippen molar-refractivity contribution in [1.29, 1.82) is 0 Å². The van der Waals surface area contributed by atoms with Gasteiger partial charge in [-0.05, 0) is 65.5 Å². The minimum Gasteiger partial charge on any atom is -0.480 e. The van der Waals surface area contributed by atoms with E-state index in [0.29, 0.717) is 22.9 Å². The van der Waals surface area contributed by atoms with Gasteiger partial charge < -0.3 is 25.2 Å². The highest BCUT2D eigenvalue weighted by atomic mass is 16.6. The Balaban J connectivity index is 1.83. The first-order valence-corrected chi connectivity index (χ1v) is 14.0. The summed E-state index contributed by atoms with van der Waals surface area (Å²) in [6, 6.07) is 4.89. The maximum atomic E-state index is 13.4. The topological polar surface area (TPSA) is 136 Å². The summed E-state index contributed by atoms with van der Waals surface area (Å²) in [6.45, 7) is 10.5. The molecule has 3 N–H and O–H groups in total. The van der Waals surface area contributed by atoms with Crippen LogP contribution in [0.4, 0.5) is 9.59 Å². The normalized spacial score (nSPS) is 16.1. The molecule has 0 saturated heterocycles. The molecule has 1 aliphatic carbocycles. The molecule has 1 aromatic carbocycles. The average Bonchev–Trinajstić information content (AvgIpc) is 3.20. The number of nitrogens with one attached hydrogen (secondary N) is 2. The van der Waals surface area contributed by atoms with Crippen LogP contribution in [-0.2, 0) is 25.5 Å². The molecule has 1 saturated carbocycles. The zero-order valence-corrected chi connectivity index (χ0v) is 24.4. The molecule has 0 aliphatic heterocycles. The number of hydrogen-bond donors (Lipinski definition) is 3. The van der Waals surface area contributed by atoms with Crippen molar-refractivity contribution in [2.45, 2.75) is 110 Å². The third kappa shape index (κ3) is 8.99. The van der Waals surface area contributed by atoms with Crippen LogP contribution in [0.2, 0.25) is 0 Å². The van der Waals surface area contributed by atoms with E-state index in [4.69, 9.17) is 9.47 Å². The van der Waals surface area contributed by atoms with Crippen LogP contribution in [0.3, 0.4) is 0 Å². The molecule has 1 fully saturated rings. The molecule has 1 heterocycles. The molecule has 10 nitrogen and oxygen atoms in total. The number of alkyl carbamates (subject to hydrolysis) is 1. The molecule has 1 aliphatic rings. The molecule has 0 radical (unpaired) electrons. The second-order valence-corrected chi connectivity index (χ2v) is 12.6. The number of rotatable bonds is 8. The van der Waals surface area contributed by atoms with Crippen molar-refractivity contribution in [1.82, 2.24) is 15.2 Å². The number of ether oxygens (including phenoxy) is 2. The van der Waals surface area contributed by atoms with Gasteiger partial charge in [0.15, 0.2) is 0 Å². The molecule has 3 rings (SSSR count). The molecular weight excluding hydrogens is 514 g/mol. The van der Waals surface area contributed by atoms with Crippen LogP contribution in [0.15, 0.2) is 30.5 Å². The number of benzene rings is 1. The van der Waals surface area contributed by atoms with Crippen molar-refractivity contribution in [2.75, 3.05) is 0 Å². The summed E-state index contributed by atoms with van der Waals surface area (Å²) in [5.41, 5.74) is -0.321. The van der Waals surface area contributed by atoms with Crippen LogP contribution in [0.5, 0.6) is 0 Å². The molecule has 2 aromatic rings. The largest absolute Gasteiger partial charge is 0.480 e. The number of fused-ring (bicyclic) bond motifs is 1. The Bertz CT molecular complexity index is 1220. The van der Waals surface area contributed by atoms with Gasteiger partial charge in [0.2, 0.25) is 5.91 Å². The first-order valence-electron chi connectivity index (χ1n) is 14.0. The van der Waals surface area contributed by atoms with Gasteiger partial charge in [-0.25, -0.2) is 14.4 Å². The maximum Gasteiger partial charge on any atom is 0.419 e. The molecule has 0 bridgehead atoms.